The van der Waals surface area contributed by atoms with E-state index in [1.54, 1.807) is 0 Å². The normalized spacial score (nSPS) is 17.9. The Labute approximate surface area is 121 Å². The molecule has 0 radical (unpaired) electrons. The molecule has 20 heavy (non-hydrogen) atoms. The summed E-state index contributed by atoms with van der Waals surface area (Å²) in [6, 6.07) is 2.38. The molecule has 1 atom stereocenters. The molecule has 1 aromatic rings. The van der Waals surface area contributed by atoms with Gasteiger partial charge in [0.15, 0.2) is 0 Å². The Bertz CT molecular complexity index is 405. The van der Waals surface area contributed by atoms with Gasteiger partial charge in [0.05, 0.1) is 0 Å². The first-order valence-corrected chi connectivity index (χ1v) is 6.25. The van der Waals surface area contributed by atoms with Crippen LogP contribution in [0, 0.1) is 11.6 Å². The number of alkyl halides is 2. The van der Waals surface area contributed by atoms with Gasteiger partial charge in [-0.25, -0.2) is 17.6 Å². The third-order valence-electron chi connectivity index (χ3n) is 3.26. The molecule has 2 nitrogen and oxygen atoms in total. The molecule has 2 rings (SSSR count). The van der Waals surface area contributed by atoms with Crippen molar-refractivity contribution in [2.24, 2.45) is 0 Å². The third kappa shape index (κ3) is 4.61. The fourth-order valence-corrected chi connectivity index (χ4v) is 2.43. The van der Waals surface area contributed by atoms with Gasteiger partial charge in [-0.1, -0.05) is 0 Å². The minimum atomic E-state index is -2.51. The molecule has 0 saturated carbocycles. The van der Waals surface area contributed by atoms with Gasteiger partial charge in [0.2, 0.25) is 6.43 Å². The van der Waals surface area contributed by atoms with Crippen molar-refractivity contribution in [3.63, 3.8) is 0 Å². The summed E-state index contributed by atoms with van der Waals surface area (Å²) < 4.78 is 51.9. The molecule has 0 spiro atoms. The molecule has 1 aliphatic heterocycles. The van der Waals surface area contributed by atoms with Crippen LogP contribution in [0.2, 0.25) is 0 Å². The Morgan fingerprint density at radius 2 is 1.60 bits per heavy atom. The zero-order valence-corrected chi connectivity index (χ0v) is 11.6. The molecule has 1 heterocycles. The second-order valence-electron chi connectivity index (χ2n) is 4.63. The lowest BCUT2D eigenvalue weighted by atomic mass is 10.0. The van der Waals surface area contributed by atoms with Gasteiger partial charge in [0.1, 0.15) is 11.6 Å². The van der Waals surface area contributed by atoms with Crippen molar-refractivity contribution in [2.75, 3.05) is 26.2 Å². The van der Waals surface area contributed by atoms with E-state index < -0.39 is 30.5 Å². The number of nitrogens with one attached hydrogen (secondary N) is 1. The zero-order chi connectivity index (χ0) is 13.8. The molecular weight excluding hydrogens is 296 g/mol. The smallest absolute Gasteiger partial charge is 0.240 e. The van der Waals surface area contributed by atoms with Crippen molar-refractivity contribution >= 4 is 12.4 Å². The van der Waals surface area contributed by atoms with Gasteiger partial charge in [-0.05, 0) is 17.7 Å². The van der Waals surface area contributed by atoms with Crippen LogP contribution < -0.4 is 5.32 Å². The Kier molecular flexibility index (Phi) is 6.71. The number of piperazine rings is 1. The second-order valence-corrected chi connectivity index (χ2v) is 4.63. The molecule has 0 aliphatic carbocycles. The molecule has 0 aromatic heterocycles. The highest BCUT2D eigenvalue weighted by Gasteiger charge is 2.26. The summed E-state index contributed by atoms with van der Waals surface area (Å²) in [6.07, 6.45) is -2.92. The summed E-state index contributed by atoms with van der Waals surface area (Å²) in [6.45, 7) is 2.57. The average molecular weight is 313 g/mol. The molecule has 114 valence electrons. The lowest BCUT2D eigenvalue weighted by Crippen LogP contribution is -2.45. The van der Waals surface area contributed by atoms with Gasteiger partial charge in [0.25, 0.3) is 0 Å². The number of halogens is 5. The number of hydrogen-bond donors (Lipinski definition) is 1. The Morgan fingerprint density at radius 1 is 1.05 bits per heavy atom. The van der Waals surface area contributed by atoms with Crippen LogP contribution in [0.15, 0.2) is 18.2 Å². The molecule has 0 amide bonds. The number of hydrogen-bond acceptors (Lipinski definition) is 2. The maximum atomic E-state index is 13.2. The molecule has 0 unspecified atom stereocenters. The van der Waals surface area contributed by atoms with Crippen LogP contribution in [-0.2, 0) is 0 Å². The molecular formula is C13H17ClF4N2. The quantitative estimate of drug-likeness (QED) is 0.860. The Balaban J connectivity index is 0.00000200. The van der Waals surface area contributed by atoms with E-state index in [0.717, 1.165) is 18.2 Å². The minimum Gasteiger partial charge on any atom is -0.314 e. The zero-order valence-electron chi connectivity index (χ0n) is 10.8. The largest absolute Gasteiger partial charge is 0.314 e. The summed E-state index contributed by atoms with van der Waals surface area (Å²) in [5.41, 5.74) is 0.278. The highest BCUT2D eigenvalue weighted by molar-refractivity contribution is 5.85. The fraction of sp³-hybridized carbons (Fsp3) is 0.538. The first kappa shape index (κ1) is 17.2. The van der Waals surface area contributed by atoms with Crippen molar-refractivity contribution in [1.82, 2.24) is 10.2 Å². The predicted octanol–water partition coefficient (Wildman–Crippen LogP) is 2.99. The van der Waals surface area contributed by atoms with Crippen molar-refractivity contribution in [3.05, 3.63) is 35.4 Å². The maximum absolute atomic E-state index is 13.2. The Morgan fingerprint density at radius 3 is 2.10 bits per heavy atom. The molecule has 1 aliphatic rings. The van der Waals surface area contributed by atoms with E-state index in [2.05, 4.69) is 5.32 Å². The summed E-state index contributed by atoms with van der Waals surface area (Å²) in [4.78, 5) is 1.84. The molecule has 1 N–H and O–H groups in total. The highest BCUT2D eigenvalue weighted by Crippen LogP contribution is 2.28. The van der Waals surface area contributed by atoms with Crippen LogP contribution in [-0.4, -0.2) is 37.5 Å². The van der Waals surface area contributed by atoms with E-state index in [-0.39, 0.29) is 18.0 Å². The van der Waals surface area contributed by atoms with Gasteiger partial charge in [-0.15, -0.1) is 12.4 Å². The SMILES string of the molecule is Cl.Fc1cc(F)cc([C@H](CC(F)F)N2CCNCC2)c1. The van der Waals surface area contributed by atoms with Gasteiger partial charge in [-0.3, -0.25) is 4.90 Å². The van der Waals surface area contributed by atoms with E-state index >= 15 is 0 Å². The summed E-state index contributed by atoms with van der Waals surface area (Å²) in [5.74, 6) is -1.46. The number of benzene rings is 1. The monoisotopic (exact) mass is 312 g/mol. The van der Waals surface area contributed by atoms with Crippen LogP contribution in [0.1, 0.15) is 18.0 Å². The van der Waals surface area contributed by atoms with Gasteiger partial charge >= 0.3 is 0 Å². The Hall–Kier alpha value is -0.850. The van der Waals surface area contributed by atoms with Gasteiger partial charge in [-0.2, -0.15) is 0 Å². The van der Waals surface area contributed by atoms with Crippen LogP contribution >= 0.6 is 12.4 Å². The second kappa shape index (κ2) is 7.81. The van der Waals surface area contributed by atoms with Crippen LogP contribution in [0.25, 0.3) is 0 Å². The van der Waals surface area contributed by atoms with Crippen LogP contribution in [0.3, 0.4) is 0 Å². The van der Waals surface area contributed by atoms with E-state index in [1.807, 2.05) is 4.90 Å². The van der Waals surface area contributed by atoms with Crippen LogP contribution in [0.4, 0.5) is 17.6 Å². The van der Waals surface area contributed by atoms with Crippen molar-refractivity contribution in [3.8, 4) is 0 Å². The summed E-state index contributed by atoms with van der Waals surface area (Å²) >= 11 is 0. The summed E-state index contributed by atoms with van der Waals surface area (Å²) in [7, 11) is 0. The third-order valence-corrected chi connectivity index (χ3v) is 3.26. The standard InChI is InChI=1S/C13H16F4N2.ClH/c14-10-5-9(6-11(15)7-10)12(8-13(16)17)19-3-1-18-2-4-19;/h5-7,12-13,18H,1-4,8H2;1H/t12-;/m0./s1. The average Bonchev–Trinajstić information content (AvgIpc) is 2.35. The topological polar surface area (TPSA) is 15.3 Å². The number of nitrogens with zero attached hydrogens (tertiary/aromatic N) is 1. The fourth-order valence-electron chi connectivity index (χ4n) is 2.43. The first-order valence-electron chi connectivity index (χ1n) is 6.25. The number of rotatable bonds is 4. The minimum absolute atomic E-state index is 0. The summed E-state index contributed by atoms with van der Waals surface area (Å²) in [5, 5.41) is 3.12. The molecule has 1 saturated heterocycles. The lowest BCUT2D eigenvalue weighted by molar-refractivity contribution is 0.0736. The van der Waals surface area contributed by atoms with Crippen LogP contribution in [0.5, 0.6) is 0 Å². The van der Waals surface area contributed by atoms with Gasteiger partial charge < -0.3 is 5.32 Å². The maximum Gasteiger partial charge on any atom is 0.240 e. The lowest BCUT2D eigenvalue weighted by Gasteiger charge is -2.35. The predicted molar refractivity (Wildman–Crippen MR) is 71.4 cm³/mol. The molecule has 1 fully saturated rings. The molecule has 1 aromatic carbocycles. The molecule has 0 bridgehead atoms. The first-order chi connectivity index (χ1) is 9.06. The highest BCUT2D eigenvalue weighted by atomic mass is 35.5. The van der Waals surface area contributed by atoms with E-state index in [9.17, 15) is 17.6 Å². The van der Waals surface area contributed by atoms with Crippen molar-refractivity contribution in [2.45, 2.75) is 18.9 Å². The van der Waals surface area contributed by atoms with E-state index in [4.69, 9.17) is 0 Å². The van der Waals surface area contributed by atoms with Crippen molar-refractivity contribution < 1.29 is 17.6 Å². The molecule has 7 heteroatoms. The van der Waals surface area contributed by atoms with Crippen molar-refractivity contribution in [1.29, 1.82) is 0 Å². The van der Waals surface area contributed by atoms with E-state index in [0.29, 0.717) is 26.2 Å². The van der Waals surface area contributed by atoms with E-state index in [1.165, 1.54) is 0 Å². The van der Waals surface area contributed by atoms with Gasteiger partial charge in [0, 0.05) is 44.7 Å².